The van der Waals surface area contributed by atoms with E-state index < -0.39 is 0 Å². The largest absolute Gasteiger partial charge is 0.383 e. The number of nitrogens with two attached hydrogens (primary N) is 2. The van der Waals surface area contributed by atoms with Crippen LogP contribution in [0.5, 0.6) is 0 Å². The average Bonchev–Trinajstić information content (AvgIpc) is 2.38. The summed E-state index contributed by atoms with van der Waals surface area (Å²) in [7, 11) is 3.29. The summed E-state index contributed by atoms with van der Waals surface area (Å²) >= 11 is 0. The molecule has 0 bridgehead atoms. The van der Waals surface area contributed by atoms with E-state index in [1.165, 1.54) is 0 Å². The molecule has 1 amide bonds. The predicted molar refractivity (Wildman–Crippen MR) is 72.4 cm³/mol. The summed E-state index contributed by atoms with van der Waals surface area (Å²) in [5, 5.41) is 2.71. The van der Waals surface area contributed by atoms with Crippen molar-refractivity contribution in [3.8, 4) is 0 Å². The van der Waals surface area contributed by atoms with Gasteiger partial charge in [0.05, 0.1) is 13.2 Å². The van der Waals surface area contributed by atoms with Gasteiger partial charge in [0, 0.05) is 26.8 Å². The summed E-state index contributed by atoms with van der Waals surface area (Å²) < 4.78 is 4.84. The number of anilines is 3. The Hall–Kier alpha value is -2.13. The maximum absolute atomic E-state index is 11.6. The Morgan fingerprint density at radius 2 is 2.26 bits per heavy atom. The Bertz CT molecular complexity index is 426. The summed E-state index contributed by atoms with van der Waals surface area (Å²) in [5.41, 5.74) is 7.92. The SMILES string of the molecule is COCCNC(=O)CN(C)c1cc(NN)nc(N)n1. The molecule has 19 heavy (non-hydrogen) atoms. The van der Waals surface area contributed by atoms with Crippen LogP contribution in [0.2, 0.25) is 0 Å². The molecule has 1 aromatic rings. The van der Waals surface area contributed by atoms with E-state index in [-0.39, 0.29) is 18.4 Å². The Morgan fingerprint density at radius 3 is 2.89 bits per heavy atom. The molecule has 1 aromatic heterocycles. The second-order valence-electron chi connectivity index (χ2n) is 3.81. The van der Waals surface area contributed by atoms with E-state index in [4.69, 9.17) is 16.3 Å². The summed E-state index contributed by atoms with van der Waals surface area (Å²) in [4.78, 5) is 21.1. The van der Waals surface area contributed by atoms with Crippen LogP contribution < -0.4 is 27.2 Å². The number of ether oxygens (including phenoxy) is 1. The molecule has 0 aromatic carbocycles. The van der Waals surface area contributed by atoms with E-state index in [2.05, 4.69) is 20.7 Å². The third-order valence-corrected chi connectivity index (χ3v) is 2.28. The minimum atomic E-state index is -0.140. The molecule has 1 heterocycles. The fraction of sp³-hybridized carbons (Fsp3) is 0.500. The second kappa shape index (κ2) is 7.34. The van der Waals surface area contributed by atoms with Crippen LogP contribution >= 0.6 is 0 Å². The van der Waals surface area contributed by atoms with Crippen molar-refractivity contribution in [1.29, 1.82) is 0 Å². The Balaban J connectivity index is 2.59. The van der Waals surface area contributed by atoms with Crippen molar-refractivity contribution >= 4 is 23.5 Å². The highest BCUT2D eigenvalue weighted by molar-refractivity contribution is 5.81. The summed E-state index contributed by atoms with van der Waals surface area (Å²) in [5.74, 6) is 6.09. The Kier molecular flexibility index (Phi) is 5.76. The number of aromatic nitrogens is 2. The molecule has 0 saturated heterocycles. The van der Waals surface area contributed by atoms with Crippen molar-refractivity contribution in [2.75, 3.05) is 49.9 Å². The minimum Gasteiger partial charge on any atom is -0.383 e. The molecule has 0 aliphatic rings. The lowest BCUT2D eigenvalue weighted by molar-refractivity contribution is -0.119. The highest BCUT2D eigenvalue weighted by Crippen LogP contribution is 2.14. The zero-order chi connectivity index (χ0) is 14.3. The molecule has 0 aliphatic carbocycles. The molecule has 0 radical (unpaired) electrons. The van der Waals surface area contributed by atoms with Crippen molar-refractivity contribution in [1.82, 2.24) is 15.3 Å². The molecule has 0 saturated carbocycles. The molecule has 9 heteroatoms. The van der Waals surface area contributed by atoms with E-state index in [1.807, 2.05) is 0 Å². The number of nitrogen functional groups attached to an aromatic ring is 2. The lowest BCUT2D eigenvalue weighted by atomic mass is 10.4. The normalized spacial score (nSPS) is 10.1. The van der Waals surface area contributed by atoms with Gasteiger partial charge in [0.2, 0.25) is 11.9 Å². The van der Waals surface area contributed by atoms with Gasteiger partial charge in [-0.3, -0.25) is 4.79 Å². The van der Waals surface area contributed by atoms with E-state index in [0.29, 0.717) is 24.8 Å². The number of nitrogens with one attached hydrogen (secondary N) is 2. The van der Waals surface area contributed by atoms with Crippen LogP contribution in [0.4, 0.5) is 17.6 Å². The first kappa shape index (κ1) is 14.9. The van der Waals surface area contributed by atoms with Crippen LogP contribution in [0.25, 0.3) is 0 Å². The standard InChI is InChI=1S/C10H19N7O2/c1-17(6-9(18)13-3-4-19-2)8-5-7(16-12)14-10(11)15-8/h5H,3-4,6,12H2,1-2H3,(H,13,18)(H3,11,14,15,16). The number of likely N-dealkylation sites (N-methyl/N-ethyl adjacent to an activating group) is 1. The zero-order valence-electron chi connectivity index (χ0n) is 11.0. The van der Waals surface area contributed by atoms with E-state index in [1.54, 1.807) is 25.1 Å². The number of nitrogens with zero attached hydrogens (tertiary/aromatic N) is 3. The molecule has 9 nitrogen and oxygen atoms in total. The molecule has 1 rings (SSSR count). The number of rotatable bonds is 7. The molecule has 106 valence electrons. The zero-order valence-corrected chi connectivity index (χ0v) is 11.0. The predicted octanol–water partition coefficient (Wildman–Crippen LogP) is -1.46. The van der Waals surface area contributed by atoms with Gasteiger partial charge in [0.1, 0.15) is 11.6 Å². The van der Waals surface area contributed by atoms with Crippen LogP contribution in [0, 0.1) is 0 Å². The quantitative estimate of drug-likeness (QED) is 0.268. The van der Waals surface area contributed by atoms with Crippen LogP contribution in [-0.4, -0.2) is 49.7 Å². The van der Waals surface area contributed by atoms with Crippen LogP contribution in [0.15, 0.2) is 6.07 Å². The van der Waals surface area contributed by atoms with E-state index in [0.717, 1.165) is 0 Å². The number of hydrogen-bond acceptors (Lipinski definition) is 8. The molecule has 6 N–H and O–H groups in total. The number of hydrogen-bond donors (Lipinski definition) is 4. The van der Waals surface area contributed by atoms with Crippen LogP contribution in [0.1, 0.15) is 0 Å². The van der Waals surface area contributed by atoms with E-state index >= 15 is 0 Å². The van der Waals surface area contributed by atoms with Crippen molar-refractivity contribution in [2.24, 2.45) is 5.84 Å². The Labute approximate surface area is 111 Å². The number of amides is 1. The van der Waals surface area contributed by atoms with Gasteiger partial charge in [-0.25, -0.2) is 5.84 Å². The van der Waals surface area contributed by atoms with Gasteiger partial charge in [-0.2, -0.15) is 9.97 Å². The average molecular weight is 269 g/mol. The summed E-state index contributed by atoms with van der Waals surface area (Å²) in [6.45, 7) is 1.08. The minimum absolute atomic E-state index is 0.0806. The van der Waals surface area contributed by atoms with E-state index in [9.17, 15) is 4.79 Å². The molecule has 0 spiro atoms. The molecular formula is C10H19N7O2. The Morgan fingerprint density at radius 1 is 1.53 bits per heavy atom. The van der Waals surface area contributed by atoms with Gasteiger partial charge < -0.3 is 26.1 Å². The monoisotopic (exact) mass is 269 g/mol. The van der Waals surface area contributed by atoms with Gasteiger partial charge in [-0.1, -0.05) is 0 Å². The highest BCUT2D eigenvalue weighted by Gasteiger charge is 2.10. The maximum atomic E-state index is 11.6. The third-order valence-electron chi connectivity index (χ3n) is 2.28. The fourth-order valence-electron chi connectivity index (χ4n) is 1.37. The highest BCUT2D eigenvalue weighted by atomic mass is 16.5. The third kappa shape index (κ3) is 4.94. The van der Waals surface area contributed by atoms with Gasteiger partial charge in [-0.15, -0.1) is 0 Å². The molecule has 0 unspecified atom stereocenters. The van der Waals surface area contributed by atoms with Crippen LogP contribution in [0.3, 0.4) is 0 Å². The number of methoxy groups -OCH3 is 1. The van der Waals surface area contributed by atoms with Crippen molar-refractivity contribution in [2.45, 2.75) is 0 Å². The molecule has 0 aliphatic heterocycles. The molecular weight excluding hydrogens is 250 g/mol. The van der Waals surface area contributed by atoms with Gasteiger partial charge in [-0.05, 0) is 0 Å². The first-order valence-electron chi connectivity index (χ1n) is 5.64. The van der Waals surface area contributed by atoms with Crippen molar-refractivity contribution in [3.63, 3.8) is 0 Å². The summed E-state index contributed by atoms with van der Waals surface area (Å²) in [6, 6.07) is 1.60. The van der Waals surface area contributed by atoms with Crippen molar-refractivity contribution < 1.29 is 9.53 Å². The smallest absolute Gasteiger partial charge is 0.239 e. The van der Waals surface area contributed by atoms with Gasteiger partial charge in [0.25, 0.3) is 0 Å². The number of carbonyl (C=O) groups is 1. The lowest BCUT2D eigenvalue weighted by Crippen LogP contribution is -2.37. The summed E-state index contributed by atoms with van der Waals surface area (Å²) in [6.07, 6.45) is 0. The maximum Gasteiger partial charge on any atom is 0.239 e. The van der Waals surface area contributed by atoms with Crippen molar-refractivity contribution in [3.05, 3.63) is 6.07 Å². The first-order valence-corrected chi connectivity index (χ1v) is 5.64. The fourth-order valence-corrected chi connectivity index (χ4v) is 1.37. The number of carbonyl (C=O) groups excluding carboxylic acids is 1. The topological polar surface area (TPSA) is 131 Å². The van der Waals surface area contributed by atoms with Gasteiger partial charge >= 0.3 is 0 Å². The molecule has 0 atom stereocenters. The number of hydrazine groups is 1. The first-order chi connectivity index (χ1) is 9.06. The van der Waals surface area contributed by atoms with Gasteiger partial charge in [0.15, 0.2) is 0 Å². The second-order valence-corrected chi connectivity index (χ2v) is 3.81. The molecule has 0 fully saturated rings. The lowest BCUT2D eigenvalue weighted by Gasteiger charge is -2.18. The van der Waals surface area contributed by atoms with Crippen LogP contribution in [-0.2, 0) is 9.53 Å².